The van der Waals surface area contributed by atoms with Crippen LogP contribution < -0.4 is 9.46 Å². The second-order valence-corrected chi connectivity index (χ2v) is 9.36. The van der Waals surface area contributed by atoms with Crippen molar-refractivity contribution < 1.29 is 13.2 Å². The molecule has 30 heavy (non-hydrogen) atoms. The van der Waals surface area contributed by atoms with E-state index in [1.807, 2.05) is 31.2 Å². The maximum Gasteiger partial charge on any atom is 0.244 e. The molecular weight excluding hydrogens is 400 g/mol. The largest absolute Gasteiger partial charge is 0.495 e. The predicted octanol–water partition coefficient (Wildman–Crippen LogP) is 2.83. The average Bonchev–Trinajstić information content (AvgIpc) is 3.05. The van der Waals surface area contributed by atoms with Gasteiger partial charge >= 0.3 is 0 Å². The minimum Gasteiger partial charge on any atom is -0.495 e. The van der Waals surface area contributed by atoms with Crippen molar-refractivity contribution in [2.45, 2.75) is 31.2 Å². The lowest BCUT2D eigenvalue weighted by atomic mass is 10.2. The lowest BCUT2D eigenvalue weighted by molar-refractivity contribution is 0.386. The summed E-state index contributed by atoms with van der Waals surface area (Å²) in [6.45, 7) is 3.93. The minimum absolute atomic E-state index is 0.157. The molecule has 0 aliphatic rings. The Morgan fingerprint density at radius 1 is 1.17 bits per heavy atom. The first-order valence-electron chi connectivity index (χ1n) is 10.0. The van der Waals surface area contributed by atoms with Crippen LogP contribution >= 0.6 is 0 Å². The molecule has 1 heterocycles. The molecule has 7 nitrogen and oxygen atoms in total. The quantitative estimate of drug-likeness (QED) is 0.535. The van der Waals surface area contributed by atoms with E-state index in [2.05, 4.69) is 34.4 Å². The van der Waals surface area contributed by atoms with E-state index in [0.717, 1.165) is 41.9 Å². The molecular formula is C22H30N4O3S. The molecule has 8 heteroatoms. The summed E-state index contributed by atoms with van der Waals surface area (Å²) in [4.78, 5) is 7.05. The Hall–Kier alpha value is -2.42. The van der Waals surface area contributed by atoms with E-state index in [1.165, 1.54) is 7.11 Å². The highest BCUT2D eigenvalue weighted by atomic mass is 32.2. The number of fused-ring (bicyclic) bond motifs is 1. The Morgan fingerprint density at radius 3 is 2.67 bits per heavy atom. The van der Waals surface area contributed by atoms with Gasteiger partial charge in [0.15, 0.2) is 0 Å². The number of nitrogens with zero attached hydrogens (tertiary/aromatic N) is 3. The zero-order valence-corrected chi connectivity index (χ0v) is 18.9. The van der Waals surface area contributed by atoms with Gasteiger partial charge in [-0.2, -0.15) is 0 Å². The van der Waals surface area contributed by atoms with Gasteiger partial charge in [0.05, 0.1) is 18.1 Å². The smallest absolute Gasteiger partial charge is 0.244 e. The Morgan fingerprint density at radius 2 is 1.93 bits per heavy atom. The van der Waals surface area contributed by atoms with E-state index in [1.54, 1.807) is 12.1 Å². The van der Waals surface area contributed by atoms with Crippen LogP contribution in [0.15, 0.2) is 47.4 Å². The van der Waals surface area contributed by atoms with E-state index < -0.39 is 10.0 Å². The first-order chi connectivity index (χ1) is 14.3. The summed E-state index contributed by atoms with van der Waals surface area (Å²) in [5.41, 5.74) is 2.87. The van der Waals surface area contributed by atoms with Crippen LogP contribution in [0.1, 0.15) is 17.8 Å². The summed E-state index contributed by atoms with van der Waals surface area (Å²) in [7, 11) is 1.90. The number of hydrogen-bond acceptors (Lipinski definition) is 5. The summed E-state index contributed by atoms with van der Waals surface area (Å²) in [5.74, 6) is 1.22. The Labute approximate surface area is 178 Å². The lowest BCUT2D eigenvalue weighted by Gasteiger charge is -2.13. The maximum atomic E-state index is 12.8. The third-order valence-corrected chi connectivity index (χ3v) is 6.45. The van der Waals surface area contributed by atoms with Crippen LogP contribution in [0.2, 0.25) is 0 Å². The molecule has 2 aromatic carbocycles. The molecule has 0 saturated heterocycles. The summed E-state index contributed by atoms with van der Waals surface area (Å²) in [6.07, 6.45) is 1.50. The van der Waals surface area contributed by atoms with Gasteiger partial charge in [-0.25, -0.2) is 18.1 Å². The molecule has 0 fully saturated rings. The van der Waals surface area contributed by atoms with E-state index in [9.17, 15) is 8.42 Å². The number of nitrogens with one attached hydrogen (secondary N) is 1. The monoisotopic (exact) mass is 430 g/mol. The van der Waals surface area contributed by atoms with Crippen LogP contribution in [-0.4, -0.2) is 57.2 Å². The van der Waals surface area contributed by atoms with Crippen LogP contribution in [0, 0.1) is 6.92 Å². The first-order valence-corrected chi connectivity index (χ1v) is 11.5. The van der Waals surface area contributed by atoms with E-state index in [0.29, 0.717) is 12.2 Å². The van der Waals surface area contributed by atoms with Crippen LogP contribution in [-0.2, 0) is 23.0 Å². The van der Waals surface area contributed by atoms with Crippen molar-refractivity contribution in [1.29, 1.82) is 0 Å². The zero-order valence-electron chi connectivity index (χ0n) is 18.1. The number of benzene rings is 2. The number of para-hydroxylation sites is 2. The molecule has 1 aromatic heterocycles. The molecule has 0 aliphatic heterocycles. The molecule has 0 aliphatic carbocycles. The molecule has 0 amide bonds. The molecule has 0 atom stereocenters. The van der Waals surface area contributed by atoms with Crippen molar-refractivity contribution >= 4 is 21.1 Å². The number of aryl methyl sites for hydroxylation is 2. The number of imidazole rings is 1. The van der Waals surface area contributed by atoms with Gasteiger partial charge in [0.25, 0.3) is 0 Å². The number of ether oxygens (including phenoxy) is 1. The second kappa shape index (κ2) is 9.59. The Balaban J connectivity index is 1.76. The highest BCUT2D eigenvalue weighted by Crippen LogP contribution is 2.24. The van der Waals surface area contributed by atoms with E-state index in [4.69, 9.17) is 9.72 Å². The number of methoxy groups -OCH3 is 1. The average molecular weight is 431 g/mol. The number of rotatable bonds is 10. The molecule has 0 radical (unpaired) electrons. The van der Waals surface area contributed by atoms with Crippen LogP contribution in [0.3, 0.4) is 0 Å². The Bertz CT molecular complexity index is 1110. The molecule has 0 unspecified atom stereocenters. The normalized spacial score (nSPS) is 12.0. The van der Waals surface area contributed by atoms with Crippen LogP contribution in [0.25, 0.3) is 11.0 Å². The predicted molar refractivity (Wildman–Crippen MR) is 120 cm³/mol. The summed E-state index contributed by atoms with van der Waals surface area (Å²) >= 11 is 0. The maximum absolute atomic E-state index is 12.8. The first kappa shape index (κ1) is 22.3. The molecule has 162 valence electrons. The molecule has 3 aromatic rings. The van der Waals surface area contributed by atoms with Crippen molar-refractivity contribution in [1.82, 2.24) is 19.2 Å². The standard InChI is InChI=1S/C22H30N4O3S/c1-17-10-11-20(29-4)21(16-17)30(27,28)23-13-12-22-24-18-8-5-6-9-19(18)26(22)15-7-14-25(2)3/h5-6,8-11,16,23H,7,12-15H2,1-4H3. The SMILES string of the molecule is COc1ccc(C)cc1S(=O)(=O)NCCc1nc2ccccc2n1CCCN(C)C. The van der Waals surface area contributed by atoms with Gasteiger partial charge in [-0.15, -0.1) is 0 Å². The van der Waals surface area contributed by atoms with Gasteiger partial charge in [0, 0.05) is 19.5 Å². The molecule has 1 N–H and O–H groups in total. The lowest BCUT2D eigenvalue weighted by Crippen LogP contribution is -2.27. The van der Waals surface area contributed by atoms with Gasteiger partial charge in [-0.05, 0) is 63.8 Å². The summed E-state index contributed by atoms with van der Waals surface area (Å²) in [6, 6.07) is 13.1. The third-order valence-electron chi connectivity index (χ3n) is 4.97. The summed E-state index contributed by atoms with van der Waals surface area (Å²) < 4.78 is 35.8. The molecule has 0 spiro atoms. The zero-order chi connectivity index (χ0) is 21.7. The number of sulfonamides is 1. The number of aromatic nitrogens is 2. The van der Waals surface area contributed by atoms with Crippen molar-refractivity contribution in [3.05, 3.63) is 53.9 Å². The fraction of sp³-hybridized carbons (Fsp3) is 0.409. The fourth-order valence-corrected chi connectivity index (χ4v) is 4.76. The second-order valence-electron chi connectivity index (χ2n) is 7.63. The van der Waals surface area contributed by atoms with Crippen molar-refractivity contribution in [3.63, 3.8) is 0 Å². The number of hydrogen-bond donors (Lipinski definition) is 1. The fourth-order valence-electron chi connectivity index (χ4n) is 3.48. The van der Waals surface area contributed by atoms with Gasteiger partial charge in [0.2, 0.25) is 10.0 Å². The van der Waals surface area contributed by atoms with Crippen molar-refractivity contribution in [3.8, 4) is 5.75 Å². The minimum atomic E-state index is -3.69. The molecule has 3 rings (SSSR count). The van der Waals surface area contributed by atoms with Crippen molar-refractivity contribution in [2.24, 2.45) is 0 Å². The molecule has 0 saturated carbocycles. The van der Waals surface area contributed by atoms with Gasteiger partial charge in [0.1, 0.15) is 16.5 Å². The van der Waals surface area contributed by atoms with Gasteiger partial charge in [-0.1, -0.05) is 18.2 Å². The summed E-state index contributed by atoms with van der Waals surface area (Å²) in [5, 5.41) is 0. The van der Waals surface area contributed by atoms with Gasteiger partial charge in [-0.3, -0.25) is 0 Å². The van der Waals surface area contributed by atoms with E-state index >= 15 is 0 Å². The Kier molecular flexibility index (Phi) is 7.12. The van der Waals surface area contributed by atoms with Gasteiger partial charge < -0.3 is 14.2 Å². The highest BCUT2D eigenvalue weighted by molar-refractivity contribution is 7.89. The third kappa shape index (κ3) is 5.19. The van der Waals surface area contributed by atoms with Crippen molar-refractivity contribution in [2.75, 3.05) is 34.3 Å². The van der Waals surface area contributed by atoms with Crippen LogP contribution in [0.5, 0.6) is 5.75 Å². The van der Waals surface area contributed by atoms with E-state index in [-0.39, 0.29) is 11.4 Å². The molecule has 0 bridgehead atoms. The highest BCUT2D eigenvalue weighted by Gasteiger charge is 2.20. The van der Waals surface area contributed by atoms with Crippen LogP contribution in [0.4, 0.5) is 0 Å². The topological polar surface area (TPSA) is 76.5 Å².